The zero-order valence-corrected chi connectivity index (χ0v) is 23.0. The number of H-pyrrole nitrogens is 1. The number of hydrogen-bond acceptors (Lipinski definition) is 6. The molecule has 1 aromatic rings. The molecule has 1 spiro atoms. The molecule has 4 rings (SSSR count). The van der Waals surface area contributed by atoms with Crippen molar-refractivity contribution in [2.24, 2.45) is 0 Å². The van der Waals surface area contributed by atoms with Crippen LogP contribution in [0.5, 0.6) is 0 Å². The third-order valence-corrected chi connectivity index (χ3v) is 17.8. The van der Waals surface area contributed by atoms with Gasteiger partial charge in [0.1, 0.15) is 6.10 Å². The van der Waals surface area contributed by atoms with Crippen LogP contribution in [0.1, 0.15) is 67.5 Å². The minimum absolute atomic E-state index is 0.214. The molecule has 4 heterocycles. The Morgan fingerprint density at radius 1 is 0.970 bits per heavy atom. The molecule has 0 bridgehead atoms. The summed E-state index contributed by atoms with van der Waals surface area (Å²) in [6, 6.07) is 1.42. The maximum atomic E-state index is 12.8. The van der Waals surface area contributed by atoms with E-state index in [4.69, 9.17) is 17.7 Å². The molecule has 0 aromatic carbocycles. The Morgan fingerprint density at radius 3 is 2.15 bits per heavy atom. The van der Waals surface area contributed by atoms with Crippen molar-refractivity contribution in [2.75, 3.05) is 6.61 Å². The van der Waals surface area contributed by atoms with Gasteiger partial charge in [0.2, 0.25) is 0 Å². The van der Waals surface area contributed by atoms with Crippen molar-refractivity contribution < 1.29 is 17.7 Å². The van der Waals surface area contributed by atoms with Crippen LogP contribution in [-0.4, -0.2) is 45.5 Å². The lowest BCUT2D eigenvalue weighted by Crippen LogP contribution is -2.65. The first-order chi connectivity index (χ1) is 15.4. The summed E-state index contributed by atoms with van der Waals surface area (Å²) in [6.45, 7) is 17.9. The van der Waals surface area contributed by atoms with Crippen molar-refractivity contribution in [3.63, 3.8) is 0 Å². The quantitative estimate of drug-likeness (QED) is 0.637. The molecule has 0 unspecified atom stereocenters. The summed E-state index contributed by atoms with van der Waals surface area (Å²) in [7, 11) is -5.42. The topological polar surface area (TPSA) is 91.8 Å². The van der Waals surface area contributed by atoms with Crippen LogP contribution in [0.2, 0.25) is 22.2 Å². The van der Waals surface area contributed by atoms with Gasteiger partial charge in [0.05, 0.1) is 18.4 Å². The summed E-state index contributed by atoms with van der Waals surface area (Å²) in [5.74, 6) is 0. The number of rotatable bonds is 4. The van der Waals surface area contributed by atoms with Gasteiger partial charge in [-0.15, -0.1) is 0 Å². The second kappa shape index (κ2) is 8.42. The summed E-state index contributed by atoms with van der Waals surface area (Å²) in [5.41, 5.74) is -0.418. The third-order valence-electron chi connectivity index (χ3n) is 7.47. The van der Waals surface area contributed by atoms with Gasteiger partial charge in [0.15, 0.2) is 5.72 Å². The van der Waals surface area contributed by atoms with Crippen LogP contribution >= 0.6 is 0 Å². The second-order valence-corrected chi connectivity index (χ2v) is 19.7. The smallest absolute Gasteiger partial charge is 0.335 e. The number of ether oxygens (including phenoxy) is 1. The first-order valence-electron chi connectivity index (χ1n) is 12.1. The van der Waals surface area contributed by atoms with Crippen molar-refractivity contribution in [2.45, 2.75) is 102 Å². The van der Waals surface area contributed by atoms with Crippen LogP contribution in [0, 0.1) is 0 Å². The van der Waals surface area contributed by atoms with E-state index >= 15 is 0 Å². The van der Waals surface area contributed by atoms with Gasteiger partial charge in [-0.05, 0) is 34.3 Å². The second-order valence-electron chi connectivity index (χ2n) is 10.9. The van der Waals surface area contributed by atoms with Crippen molar-refractivity contribution in [1.82, 2.24) is 9.55 Å². The predicted octanol–water partition coefficient (Wildman–Crippen LogP) is 3.96. The molecule has 1 N–H and O–H groups in total. The molecule has 3 aliphatic rings. The molecule has 1 aromatic heterocycles. The number of hydrogen-bond donors (Lipinski definition) is 1. The fourth-order valence-electron chi connectivity index (χ4n) is 5.79. The summed E-state index contributed by atoms with van der Waals surface area (Å²) in [6.07, 6.45) is 3.50. The maximum absolute atomic E-state index is 12.8. The average molecular weight is 495 g/mol. The number of nitrogens with one attached hydrogen (secondary N) is 1. The SMILES string of the molecule is CC(C)[Si]1(C(C)C)OC[C@H]2O[C@]3(C=Cc4cc(=O)[nH]c(=O)n43)C[C@@H]2O[Si](C(C)C)(C(C)C)O1. The lowest BCUT2D eigenvalue weighted by molar-refractivity contribution is -0.0918. The fraction of sp³-hybridized carbons (Fsp3) is 0.739. The first-order valence-corrected chi connectivity index (χ1v) is 16.1. The van der Waals surface area contributed by atoms with E-state index in [9.17, 15) is 9.59 Å². The van der Waals surface area contributed by atoms with Gasteiger partial charge in [0, 0.05) is 12.5 Å². The van der Waals surface area contributed by atoms with E-state index in [2.05, 4.69) is 60.4 Å². The van der Waals surface area contributed by atoms with E-state index in [0.29, 0.717) is 18.7 Å². The Bertz CT molecular complexity index is 1030. The third kappa shape index (κ3) is 3.79. The highest BCUT2D eigenvalue weighted by Crippen LogP contribution is 2.50. The van der Waals surface area contributed by atoms with Gasteiger partial charge >= 0.3 is 22.8 Å². The molecule has 0 amide bonds. The Balaban J connectivity index is 1.80. The molecule has 0 radical (unpaired) electrons. The lowest BCUT2D eigenvalue weighted by Gasteiger charge is -2.51. The van der Waals surface area contributed by atoms with Crippen LogP contribution in [0.25, 0.3) is 6.08 Å². The molecule has 2 saturated heterocycles. The van der Waals surface area contributed by atoms with Crippen molar-refractivity contribution in [1.29, 1.82) is 0 Å². The van der Waals surface area contributed by atoms with E-state index in [-0.39, 0.29) is 34.4 Å². The van der Waals surface area contributed by atoms with Crippen molar-refractivity contribution >= 4 is 23.2 Å². The van der Waals surface area contributed by atoms with Crippen molar-refractivity contribution in [3.8, 4) is 0 Å². The predicted molar refractivity (Wildman–Crippen MR) is 132 cm³/mol. The maximum Gasteiger partial charge on any atom is 0.335 e. The van der Waals surface area contributed by atoms with Crippen LogP contribution in [0.15, 0.2) is 21.7 Å². The largest absolute Gasteiger partial charge is 0.414 e. The fourth-order valence-corrected chi connectivity index (χ4v) is 17.0. The van der Waals surface area contributed by atoms with Gasteiger partial charge in [0.25, 0.3) is 5.56 Å². The summed E-state index contributed by atoms with van der Waals surface area (Å²) in [4.78, 5) is 27.0. The Labute approximate surface area is 197 Å². The molecular weight excluding hydrogens is 456 g/mol. The monoisotopic (exact) mass is 494 g/mol. The van der Waals surface area contributed by atoms with Crippen LogP contribution in [0.3, 0.4) is 0 Å². The summed E-state index contributed by atoms with van der Waals surface area (Å²) >= 11 is 0. The molecule has 184 valence electrons. The van der Waals surface area contributed by atoms with Gasteiger partial charge in [-0.2, -0.15) is 0 Å². The highest BCUT2D eigenvalue weighted by atomic mass is 28.5. The van der Waals surface area contributed by atoms with E-state index in [1.165, 1.54) is 10.6 Å². The zero-order chi connectivity index (χ0) is 24.3. The molecule has 10 heteroatoms. The average Bonchev–Trinajstić information content (AvgIpc) is 3.21. The Morgan fingerprint density at radius 2 is 1.58 bits per heavy atom. The summed E-state index contributed by atoms with van der Waals surface area (Å²) in [5, 5.41) is 0. The molecule has 3 aliphatic heterocycles. The van der Waals surface area contributed by atoms with Crippen LogP contribution < -0.4 is 11.2 Å². The van der Waals surface area contributed by atoms with Crippen LogP contribution in [-0.2, 0) is 23.4 Å². The molecular formula is C23H38N2O6Si2. The molecule has 0 aliphatic carbocycles. The van der Waals surface area contributed by atoms with Crippen molar-refractivity contribution in [3.05, 3.63) is 38.7 Å². The minimum atomic E-state index is -2.76. The number of aromatic amines is 1. The number of fused-ring (bicyclic) bond motifs is 3. The van der Waals surface area contributed by atoms with Gasteiger partial charge < -0.3 is 17.7 Å². The van der Waals surface area contributed by atoms with Gasteiger partial charge in [-0.3, -0.25) is 14.3 Å². The normalized spacial score (nSPS) is 30.3. The molecule has 3 atom stereocenters. The lowest BCUT2D eigenvalue weighted by atomic mass is 10.1. The minimum Gasteiger partial charge on any atom is -0.414 e. The van der Waals surface area contributed by atoms with E-state index < -0.39 is 34.1 Å². The molecule has 8 nitrogen and oxygen atoms in total. The zero-order valence-electron chi connectivity index (χ0n) is 21.0. The Hall–Kier alpha value is -1.31. The van der Waals surface area contributed by atoms with E-state index in [0.717, 1.165) is 0 Å². The van der Waals surface area contributed by atoms with E-state index in [1.54, 1.807) is 6.08 Å². The molecule has 2 fully saturated rings. The first kappa shape index (κ1) is 24.8. The highest BCUT2D eigenvalue weighted by molar-refractivity contribution is 6.83. The summed E-state index contributed by atoms with van der Waals surface area (Å²) < 4.78 is 29.2. The molecule has 0 saturated carbocycles. The number of aromatic nitrogens is 2. The standard InChI is InChI=1S/C23H38N2O6Si2/c1-14(2)32(15(3)4)28-13-20-19(30-33(31-32,16(5)6)17(7)8)12-23(29-20)10-9-18-11-21(26)24-22(27)25(18)23/h9-11,14-17,19-20H,12-13H2,1-8H3,(H,24,26,27)/t19-,20+,23+/m0/s1. The van der Waals surface area contributed by atoms with Gasteiger partial charge in [-0.25, -0.2) is 4.79 Å². The van der Waals surface area contributed by atoms with Crippen LogP contribution in [0.4, 0.5) is 0 Å². The molecule has 33 heavy (non-hydrogen) atoms. The van der Waals surface area contributed by atoms with Gasteiger partial charge in [-0.1, -0.05) is 55.4 Å². The Kier molecular flexibility index (Phi) is 6.33. The highest BCUT2D eigenvalue weighted by Gasteiger charge is 2.62. The van der Waals surface area contributed by atoms with E-state index in [1.807, 2.05) is 6.08 Å². The number of nitrogens with zero attached hydrogens (tertiary/aromatic N) is 1.